The summed E-state index contributed by atoms with van der Waals surface area (Å²) in [5.41, 5.74) is 10.8. The molecule has 2 aliphatic rings. The average molecular weight is 387 g/mol. The Morgan fingerprint density at radius 1 is 1.17 bits per heavy atom. The molecule has 5 rings (SSSR count). The van der Waals surface area contributed by atoms with Gasteiger partial charge in [-0.15, -0.1) is 0 Å². The van der Waals surface area contributed by atoms with Gasteiger partial charge >= 0.3 is 0 Å². The summed E-state index contributed by atoms with van der Waals surface area (Å²) >= 11 is 0. The molecule has 3 N–H and O–H groups in total. The number of nitrogens with one attached hydrogen (secondary N) is 1. The van der Waals surface area contributed by atoms with Crippen molar-refractivity contribution in [2.24, 2.45) is 17.6 Å². The fourth-order valence-corrected chi connectivity index (χ4v) is 4.52. The molecule has 3 aromatic rings. The van der Waals surface area contributed by atoms with Gasteiger partial charge in [0.1, 0.15) is 0 Å². The molecule has 0 bridgehead atoms. The number of benzene rings is 2. The number of rotatable bonds is 5. The topological polar surface area (TPSA) is 77.1 Å². The third-order valence-corrected chi connectivity index (χ3v) is 6.13. The third-order valence-electron chi connectivity index (χ3n) is 6.13. The van der Waals surface area contributed by atoms with Gasteiger partial charge in [-0.3, -0.25) is 9.59 Å². The highest BCUT2D eigenvalue weighted by molar-refractivity contribution is 6.11. The van der Waals surface area contributed by atoms with E-state index in [0.29, 0.717) is 23.8 Å². The van der Waals surface area contributed by atoms with Crippen LogP contribution >= 0.6 is 0 Å². The number of carbonyl (C=O) groups is 2. The Bertz CT molecular complexity index is 1140. The van der Waals surface area contributed by atoms with E-state index in [1.54, 1.807) is 6.07 Å². The van der Waals surface area contributed by atoms with Gasteiger partial charge in [0.2, 0.25) is 0 Å². The van der Waals surface area contributed by atoms with Gasteiger partial charge in [0.25, 0.3) is 5.91 Å². The smallest absolute Gasteiger partial charge is 0.250 e. The number of aromatic nitrogens is 1. The van der Waals surface area contributed by atoms with Crippen molar-refractivity contribution in [2.45, 2.75) is 32.6 Å². The van der Waals surface area contributed by atoms with E-state index in [9.17, 15) is 9.59 Å². The number of Topliss-reactive ketones (excluding diaryl/α,β-unsaturated/α-hetero) is 1. The van der Waals surface area contributed by atoms with E-state index >= 15 is 0 Å². The van der Waals surface area contributed by atoms with E-state index < -0.39 is 5.91 Å². The summed E-state index contributed by atoms with van der Waals surface area (Å²) in [5.74, 6) is 0.779. The van der Waals surface area contributed by atoms with Crippen LogP contribution in [-0.4, -0.2) is 22.8 Å². The van der Waals surface area contributed by atoms with Gasteiger partial charge in [-0.1, -0.05) is 25.1 Å². The molecule has 1 amide bonds. The molecule has 0 saturated heterocycles. The van der Waals surface area contributed by atoms with Gasteiger partial charge in [-0.05, 0) is 55.4 Å². The van der Waals surface area contributed by atoms with Gasteiger partial charge < -0.3 is 15.6 Å². The van der Waals surface area contributed by atoms with Gasteiger partial charge in [0, 0.05) is 41.0 Å². The van der Waals surface area contributed by atoms with Crippen molar-refractivity contribution in [3.05, 3.63) is 59.3 Å². The number of fused-ring (bicyclic) bond motifs is 3. The number of carbonyl (C=O) groups excluding carboxylic acids is 2. The second kappa shape index (κ2) is 6.76. The largest absolute Gasteiger partial charge is 0.384 e. The second-order valence-electron chi connectivity index (χ2n) is 8.53. The van der Waals surface area contributed by atoms with Crippen LogP contribution in [0.3, 0.4) is 0 Å². The lowest BCUT2D eigenvalue weighted by Crippen LogP contribution is -2.19. The number of para-hydroxylation sites is 1. The fraction of sp³-hybridized carbons (Fsp3) is 0.333. The minimum Gasteiger partial charge on any atom is -0.384 e. The molecule has 1 heterocycles. The summed E-state index contributed by atoms with van der Waals surface area (Å²) in [6, 6.07) is 13.8. The van der Waals surface area contributed by atoms with Crippen LogP contribution in [0, 0.1) is 11.8 Å². The van der Waals surface area contributed by atoms with E-state index in [-0.39, 0.29) is 5.78 Å². The van der Waals surface area contributed by atoms with Crippen molar-refractivity contribution in [1.82, 2.24) is 4.57 Å². The van der Waals surface area contributed by atoms with E-state index in [0.717, 1.165) is 46.5 Å². The van der Waals surface area contributed by atoms with E-state index in [1.807, 2.05) is 30.3 Å². The molecule has 5 heteroatoms. The summed E-state index contributed by atoms with van der Waals surface area (Å²) in [4.78, 5) is 24.8. The van der Waals surface area contributed by atoms with Crippen molar-refractivity contribution >= 4 is 28.3 Å². The Morgan fingerprint density at radius 3 is 2.72 bits per heavy atom. The SMILES string of the molecule is CC1CC(=O)c2c(n(-c3ccc(C(N)=O)c(NCC4CC4)c3)c3ccccc23)C1. The predicted molar refractivity (Wildman–Crippen MR) is 115 cm³/mol. The fourth-order valence-electron chi connectivity index (χ4n) is 4.52. The highest BCUT2D eigenvalue weighted by Crippen LogP contribution is 2.37. The van der Waals surface area contributed by atoms with Crippen LogP contribution in [0.2, 0.25) is 0 Å². The number of nitrogens with two attached hydrogens (primary N) is 1. The van der Waals surface area contributed by atoms with Gasteiger partial charge in [-0.2, -0.15) is 0 Å². The van der Waals surface area contributed by atoms with Crippen LogP contribution in [0.5, 0.6) is 0 Å². The Hall–Kier alpha value is -3.08. The summed E-state index contributed by atoms with van der Waals surface area (Å²) < 4.78 is 2.19. The van der Waals surface area contributed by atoms with Crippen LogP contribution in [0.15, 0.2) is 42.5 Å². The van der Waals surface area contributed by atoms with Gasteiger partial charge in [0.05, 0.1) is 11.1 Å². The van der Waals surface area contributed by atoms with Gasteiger partial charge in [0.15, 0.2) is 5.78 Å². The first-order chi connectivity index (χ1) is 14.0. The lowest BCUT2D eigenvalue weighted by molar-refractivity contribution is 0.0953. The first-order valence-electron chi connectivity index (χ1n) is 10.4. The molecule has 0 radical (unpaired) electrons. The third kappa shape index (κ3) is 3.11. The number of hydrogen-bond acceptors (Lipinski definition) is 3. The van der Waals surface area contributed by atoms with Crippen LogP contribution in [0.25, 0.3) is 16.6 Å². The van der Waals surface area contributed by atoms with Crippen molar-refractivity contribution in [3.63, 3.8) is 0 Å². The van der Waals surface area contributed by atoms with E-state index in [1.165, 1.54) is 12.8 Å². The molecule has 1 unspecified atom stereocenters. The molecule has 1 atom stereocenters. The predicted octanol–water partition coefficient (Wildman–Crippen LogP) is 4.32. The molecule has 0 spiro atoms. The molecule has 1 fully saturated rings. The van der Waals surface area contributed by atoms with Crippen molar-refractivity contribution in [2.75, 3.05) is 11.9 Å². The molecule has 2 aliphatic carbocycles. The molecule has 5 nitrogen and oxygen atoms in total. The molecule has 1 saturated carbocycles. The van der Waals surface area contributed by atoms with Crippen LogP contribution in [0.1, 0.15) is 52.6 Å². The maximum Gasteiger partial charge on any atom is 0.250 e. The van der Waals surface area contributed by atoms with E-state index in [4.69, 9.17) is 5.73 Å². The lowest BCUT2D eigenvalue weighted by Gasteiger charge is -2.21. The molecule has 29 heavy (non-hydrogen) atoms. The number of anilines is 1. The molecule has 2 aromatic carbocycles. The van der Waals surface area contributed by atoms with Crippen molar-refractivity contribution < 1.29 is 9.59 Å². The number of primary amides is 1. The first-order valence-corrected chi connectivity index (χ1v) is 10.4. The van der Waals surface area contributed by atoms with Crippen molar-refractivity contribution in [1.29, 1.82) is 0 Å². The number of ketones is 1. The quantitative estimate of drug-likeness (QED) is 0.685. The summed E-state index contributed by atoms with van der Waals surface area (Å²) in [6.45, 7) is 2.98. The van der Waals surface area contributed by atoms with Crippen LogP contribution < -0.4 is 11.1 Å². The Morgan fingerprint density at radius 2 is 1.97 bits per heavy atom. The zero-order valence-electron chi connectivity index (χ0n) is 16.6. The highest BCUT2D eigenvalue weighted by atomic mass is 16.1. The number of hydrogen-bond donors (Lipinski definition) is 2. The number of nitrogens with zero attached hydrogens (tertiary/aromatic N) is 1. The zero-order valence-corrected chi connectivity index (χ0v) is 16.6. The van der Waals surface area contributed by atoms with Crippen molar-refractivity contribution in [3.8, 4) is 5.69 Å². The molecular formula is C24H25N3O2. The Balaban J connectivity index is 1.69. The zero-order chi connectivity index (χ0) is 20.1. The van der Waals surface area contributed by atoms with E-state index in [2.05, 4.69) is 22.9 Å². The minimum absolute atomic E-state index is 0.217. The number of amides is 1. The Kier molecular flexibility index (Phi) is 4.19. The summed E-state index contributed by atoms with van der Waals surface area (Å²) in [6.07, 6.45) is 3.91. The molecular weight excluding hydrogens is 362 g/mol. The lowest BCUT2D eigenvalue weighted by atomic mass is 9.87. The van der Waals surface area contributed by atoms with Crippen LogP contribution in [-0.2, 0) is 6.42 Å². The molecule has 148 valence electrons. The Labute approximate surface area is 169 Å². The first kappa shape index (κ1) is 18.0. The normalized spacial score (nSPS) is 18.7. The summed E-state index contributed by atoms with van der Waals surface area (Å²) in [7, 11) is 0. The maximum atomic E-state index is 12.9. The highest BCUT2D eigenvalue weighted by Gasteiger charge is 2.30. The molecule has 0 aliphatic heterocycles. The van der Waals surface area contributed by atoms with Gasteiger partial charge in [-0.25, -0.2) is 0 Å². The summed E-state index contributed by atoms with van der Waals surface area (Å²) in [5, 5.41) is 4.43. The monoisotopic (exact) mass is 387 g/mol. The molecule has 1 aromatic heterocycles. The second-order valence-corrected chi connectivity index (χ2v) is 8.53. The minimum atomic E-state index is -0.432. The van der Waals surface area contributed by atoms with Crippen LogP contribution in [0.4, 0.5) is 5.69 Å². The maximum absolute atomic E-state index is 12.9. The average Bonchev–Trinajstić information content (AvgIpc) is 3.46. The standard InChI is InChI=1S/C24H25N3O2/c1-14-10-21-23(22(28)11-14)18-4-2-3-5-20(18)27(21)16-8-9-17(24(25)29)19(12-16)26-13-15-6-7-15/h2-5,8-9,12,14-15,26H,6-7,10-11,13H2,1H3,(H2,25,29).